The van der Waals surface area contributed by atoms with E-state index in [-0.39, 0.29) is 5.91 Å². The van der Waals surface area contributed by atoms with E-state index >= 15 is 0 Å². The van der Waals surface area contributed by atoms with Gasteiger partial charge in [0.25, 0.3) is 0 Å². The zero-order chi connectivity index (χ0) is 12.0. The summed E-state index contributed by atoms with van der Waals surface area (Å²) in [6.07, 6.45) is 0.738. The van der Waals surface area contributed by atoms with Crippen molar-refractivity contribution in [2.45, 2.75) is 25.7 Å². The minimum atomic E-state index is -1.55. The zero-order valence-corrected chi connectivity index (χ0v) is 9.26. The van der Waals surface area contributed by atoms with E-state index in [0.29, 0.717) is 12.8 Å². The quantitative estimate of drug-likeness (QED) is 0.619. The summed E-state index contributed by atoms with van der Waals surface area (Å²) in [6.45, 7) is 1.72. The molecule has 3 N–H and O–H groups in total. The van der Waals surface area contributed by atoms with Gasteiger partial charge in [0.1, 0.15) is 0 Å². The van der Waals surface area contributed by atoms with Crippen LogP contribution in [-0.4, -0.2) is 29.0 Å². The maximum atomic E-state index is 11.2. The van der Waals surface area contributed by atoms with Gasteiger partial charge in [0, 0.05) is 6.42 Å². The molecular weight excluding hydrogens is 205 g/mol. The Bertz CT molecular complexity index is 329. The summed E-state index contributed by atoms with van der Waals surface area (Å²) in [5, 5.41) is 20.9. The molecule has 0 aliphatic carbocycles. The van der Waals surface area contributed by atoms with Gasteiger partial charge in [0.05, 0.1) is 5.94 Å². The molecule has 0 saturated carbocycles. The molecule has 5 heteroatoms. The first-order chi connectivity index (χ1) is 7.63. The fraction of sp³-hybridized carbons (Fsp3) is 0.364. The molecule has 4 nitrogen and oxygen atoms in total. The summed E-state index contributed by atoms with van der Waals surface area (Å²) in [6, 6.07) is 9.40. The number of carbonyl (C=O) groups is 1. The Balaban J connectivity index is 2.62. The summed E-state index contributed by atoms with van der Waals surface area (Å²) in [5.41, 5.74) is 0.956. The zero-order valence-electron chi connectivity index (χ0n) is 9.26. The standard InChI is InChI=1S/C11H16BNO3/c1-2-11(14)13-10(12(15)16)8-9-6-4-3-5-7-9/h3-7,10,15-16H,2,8H2,1H3,(H,13,14)/t10-/m0/s1. The Morgan fingerprint density at radius 2 is 2.00 bits per heavy atom. The van der Waals surface area contributed by atoms with Crippen molar-refractivity contribution in [3.8, 4) is 0 Å². The number of benzene rings is 1. The number of hydrogen-bond donors (Lipinski definition) is 3. The van der Waals surface area contributed by atoms with Gasteiger partial charge >= 0.3 is 7.12 Å². The van der Waals surface area contributed by atoms with Crippen LogP contribution in [0.2, 0.25) is 0 Å². The van der Waals surface area contributed by atoms with Crippen LogP contribution in [0, 0.1) is 0 Å². The Labute approximate surface area is 95.4 Å². The van der Waals surface area contributed by atoms with E-state index in [1.165, 1.54) is 0 Å². The number of rotatable bonds is 5. The number of nitrogens with one attached hydrogen (secondary N) is 1. The van der Waals surface area contributed by atoms with Crippen LogP contribution in [0.3, 0.4) is 0 Å². The van der Waals surface area contributed by atoms with Crippen molar-refractivity contribution in [3.63, 3.8) is 0 Å². The van der Waals surface area contributed by atoms with Gasteiger partial charge in [0.15, 0.2) is 0 Å². The molecule has 86 valence electrons. The van der Waals surface area contributed by atoms with Crippen molar-refractivity contribution >= 4 is 13.0 Å². The molecule has 1 amide bonds. The highest BCUT2D eigenvalue weighted by molar-refractivity contribution is 6.43. The van der Waals surface area contributed by atoms with E-state index in [0.717, 1.165) is 5.56 Å². The lowest BCUT2D eigenvalue weighted by Gasteiger charge is -2.17. The van der Waals surface area contributed by atoms with Gasteiger partial charge in [-0.15, -0.1) is 0 Å². The van der Waals surface area contributed by atoms with E-state index in [4.69, 9.17) is 10.0 Å². The van der Waals surface area contributed by atoms with E-state index < -0.39 is 13.1 Å². The number of carbonyl (C=O) groups excluding carboxylic acids is 1. The summed E-state index contributed by atoms with van der Waals surface area (Å²) in [7, 11) is -1.55. The van der Waals surface area contributed by atoms with E-state index in [1.807, 2.05) is 30.3 Å². The molecule has 1 aromatic rings. The van der Waals surface area contributed by atoms with Gasteiger partial charge in [0.2, 0.25) is 5.91 Å². The molecule has 0 bridgehead atoms. The maximum absolute atomic E-state index is 11.2. The lowest BCUT2D eigenvalue weighted by atomic mass is 9.76. The Hall–Kier alpha value is -1.33. The second kappa shape index (κ2) is 6.30. The normalized spacial score (nSPS) is 11.9. The summed E-state index contributed by atoms with van der Waals surface area (Å²) in [4.78, 5) is 11.2. The molecule has 0 saturated heterocycles. The molecule has 16 heavy (non-hydrogen) atoms. The molecule has 0 unspecified atom stereocenters. The third kappa shape index (κ3) is 4.04. The van der Waals surface area contributed by atoms with Crippen molar-refractivity contribution in [2.24, 2.45) is 0 Å². The molecule has 1 aromatic carbocycles. The molecule has 1 atom stereocenters. The van der Waals surface area contributed by atoms with Crippen LogP contribution in [0.5, 0.6) is 0 Å². The molecule has 0 aliphatic heterocycles. The van der Waals surface area contributed by atoms with Crippen LogP contribution in [0.15, 0.2) is 30.3 Å². The van der Waals surface area contributed by atoms with Gasteiger partial charge in [-0.1, -0.05) is 37.3 Å². The molecule has 0 radical (unpaired) electrons. The van der Waals surface area contributed by atoms with E-state index in [1.54, 1.807) is 6.92 Å². The van der Waals surface area contributed by atoms with Crippen molar-refractivity contribution < 1.29 is 14.8 Å². The molecule has 0 aliphatic rings. The highest BCUT2D eigenvalue weighted by atomic mass is 16.4. The van der Waals surface area contributed by atoms with Crippen molar-refractivity contribution in [2.75, 3.05) is 0 Å². The Kier molecular flexibility index (Phi) is 5.02. The number of amides is 1. The summed E-state index contributed by atoms with van der Waals surface area (Å²) >= 11 is 0. The summed E-state index contributed by atoms with van der Waals surface area (Å²) in [5.74, 6) is -0.844. The Morgan fingerprint density at radius 1 is 1.38 bits per heavy atom. The first kappa shape index (κ1) is 12.7. The summed E-state index contributed by atoms with van der Waals surface area (Å²) < 4.78 is 0. The third-order valence-electron chi connectivity index (χ3n) is 2.33. The maximum Gasteiger partial charge on any atom is 0.475 e. The van der Waals surface area contributed by atoms with Crippen LogP contribution in [-0.2, 0) is 11.2 Å². The van der Waals surface area contributed by atoms with Crippen LogP contribution < -0.4 is 5.32 Å². The molecular formula is C11H16BNO3. The van der Waals surface area contributed by atoms with Crippen molar-refractivity contribution in [1.29, 1.82) is 0 Å². The van der Waals surface area contributed by atoms with Crippen LogP contribution in [0.25, 0.3) is 0 Å². The molecule has 0 fully saturated rings. The van der Waals surface area contributed by atoms with Gasteiger partial charge in [-0.3, -0.25) is 4.79 Å². The fourth-order valence-electron chi connectivity index (χ4n) is 1.41. The van der Waals surface area contributed by atoms with Gasteiger partial charge in [-0.2, -0.15) is 0 Å². The molecule has 0 heterocycles. The highest BCUT2D eigenvalue weighted by Crippen LogP contribution is 2.04. The first-order valence-electron chi connectivity index (χ1n) is 5.33. The second-order valence-corrected chi connectivity index (χ2v) is 3.63. The minimum absolute atomic E-state index is 0.186. The monoisotopic (exact) mass is 221 g/mol. The topological polar surface area (TPSA) is 69.6 Å². The van der Waals surface area contributed by atoms with Gasteiger partial charge in [-0.05, 0) is 12.0 Å². The lowest BCUT2D eigenvalue weighted by molar-refractivity contribution is -0.121. The Morgan fingerprint density at radius 3 is 2.50 bits per heavy atom. The van der Waals surface area contributed by atoms with Crippen LogP contribution in [0.4, 0.5) is 0 Å². The second-order valence-electron chi connectivity index (χ2n) is 3.63. The first-order valence-corrected chi connectivity index (χ1v) is 5.33. The largest absolute Gasteiger partial charge is 0.475 e. The molecule has 0 aromatic heterocycles. The van der Waals surface area contributed by atoms with Gasteiger partial charge < -0.3 is 15.4 Å². The fourth-order valence-corrected chi connectivity index (χ4v) is 1.41. The predicted octanol–water partition coefficient (Wildman–Crippen LogP) is 0.136. The average Bonchev–Trinajstić information content (AvgIpc) is 2.29. The smallest absolute Gasteiger partial charge is 0.426 e. The average molecular weight is 221 g/mol. The number of hydrogen-bond acceptors (Lipinski definition) is 3. The predicted molar refractivity (Wildman–Crippen MR) is 62.6 cm³/mol. The minimum Gasteiger partial charge on any atom is -0.426 e. The van der Waals surface area contributed by atoms with E-state index in [2.05, 4.69) is 5.32 Å². The van der Waals surface area contributed by atoms with Crippen LogP contribution in [0.1, 0.15) is 18.9 Å². The van der Waals surface area contributed by atoms with Crippen molar-refractivity contribution in [1.82, 2.24) is 5.32 Å². The van der Waals surface area contributed by atoms with Crippen molar-refractivity contribution in [3.05, 3.63) is 35.9 Å². The molecule has 1 rings (SSSR count). The third-order valence-corrected chi connectivity index (χ3v) is 2.33. The molecule has 0 spiro atoms. The van der Waals surface area contributed by atoms with E-state index in [9.17, 15) is 4.79 Å². The van der Waals surface area contributed by atoms with Crippen LogP contribution >= 0.6 is 0 Å². The lowest BCUT2D eigenvalue weighted by Crippen LogP contribution is -2.47. The van der Waals surface area contributed by atoms with Gasteiger partial charge in [-0.25, -0.2) is 0 Å². The SMILES string of the molecule is CCC(=O)N[C@@H](Cc1ccccc1)B(O)O. The highest BCUT2D eigenvalue weighted by Gasteiger charge is 2.24.